The van der Waals surface area contributed by atoms with E-state index in [1.165, 1.54) is 32.1 Å². The van der Waals surface area contributed by atoms with Gasteiger partial charge in [0.15, 0.2) is 5.75 Å². The molecule has 130 valence electrons. The Balaban J connectivity index is 2.43. The number of unbranched alkanes of at least 4 members (excludes halogenated alkanes) is 6. The molecular weight excluding hydrogens is 316 g/mol. The topological polar surface area (TPSA) is 80.7 Å². The smallest absolute Gasteiger partial charge is 0.329 e. The molecule has 0 spiro atoms. The minimum atomic E-state index is -4.36. The van der Waals surface area contributed by atoms with Crippen LogP contribution in [0.2, 0.25) is 0 Å². The Labute approximate surface area is 138 Å². The minimum Gasteiger partial charge on any atom is -0.425 e. The predicted octanol–water partition coefficient (Wildman–Crippen LogP) is 3.77. The number of hydrogen-bond acceptors (Lipinski definition) is 4. The Morgan fingerprint density at radius 1 is 1.04 bits per heavy atom. The highest BCUT2D eigenvalue weighted by Crippen LogP contribution is 2.21. The van der Waals surface area contributed by atoms with Gasteiger partial charge in [0, 0.05) is 0 Å². The van der Waals surface area contributed by atoms with Crippen LogP contribution >= 0.6 is 0 Å². The van der Waals surface area contributed by atoms with Crippen molar-refractivity contribution in [3.05, 3.63) is 29.8 Å². The fraction of sp³-hybridized carbons (Fsp3) is 0.588. The van der Waals surface area contributed by atoms with E-state index in [1.807, 2.05) is 12.1 Å². The summed E-state index contributed by atoms with van der Waals surface area (Å²) in [5, 5.41) is 0. The minimum absolute atomic E-state index is 0.368. The molecule has 0 fully saturated rings. The molecule has 5 nitrogen and oxygen atoms in total. The highest BCUT2D eigenvalue weighted by Gasteiger charge is 2.16. The SMILES string of the molecule is CCCCCCCCCc1ccccc1OC(=O)CS(=O)(=O)O. The van der Waals surface area contributed by atoms with Gasteiger partial charge in [-0.2, -0.15) is 8.42 Å². The van der Waals surface area contributed by atoms with Crippen molar-refractivity contribution in [1.29, 1.82) is 0 Å². The van der Waals surface area contributed by atoms with Crippen LogP contribution < -0.4 is 4.74 Å². The standard InChI is InChI=1S/C17H26O5S/c1-2-3-4-5-6-7-8-11-15-12-9-10-13-16(15)22-17(18)14-23(19,20)21/h9-10,12-13H,2-8,11,14H2,1H3,(H,19,20,21). The van der Waals surface area contributed by atoms with Crippen LogP contribution in [-0.4, -0.2) is 24.7 Å². The maximum absolute atomic E-state index is 11.5. The zero-order valence-electron chi connectivity index (χ0n) is 13.7. The lowest BCUT2D eigenvalue weighted by atomic mass is 10.0. The molecular formula is C17H26O5S. The van der Waals surface area contributed by atoms with Crippen molar-refractivity contribution < 1.29 is 22.5 Å². The number of rotatable bonds is 11. The van der Waals surface area contributed by atoms with Gasteiger partial charge in [-0.25, -0.2) is 0 Å². The zero-order valence-corrected chi connectivity index (χ0v) is 14.5. The van der Waals surface area contributed by atoms with Crippen molar-refractivity contribution in [2.24, 2.45) is 0 Å². The average molecular weight is 342 g/mol. The van der Waals surface area contributed by atoms with Gasteiger partial charge >= 0.3 is 5.97 Å². The second-order valence-electron chi connectivity index (χ2n) is 5.68. The van der Waals surface area contributed by atoms with Crippen molar-refractivity contribution in [2.45, 2.75) is 58.3 Å². The molecule has 6 heteroatoms. The fourth-order valence-corrected chi connectivity index (χ4v) is 2.74. The van der Waals surface area contributed by atoms with Crippen molar-refractivity contribution in [1.82, 2.24) is 0 Å². The molecule has 0 unspecified atom stereocenters. The summed E-state index contributed by atoms with van der Waals surface area (Å²) in [6, 6.07) is 7.09. The van der Waals surface area contributed by atoms with Gasteiger partial charge in [-0.15, -0.1) is 0 Å². The summed E-state index contributed by atoms with van der Waals surface area (Å²) in [6.07, 6.45) is 9.15. The molecule has 0 amide bonds. The van der Waals surface area contributed by atoms with Crippen LogP contribution in [0.5, 0.6) is 5.75 Å². The Morgan fingerprint density at radius 2 is 1.65 bits per heavy atom. The van der Waals surface area contributed by atoms with Gasteiger partial charge in [0.1, 0.15) is 5.75 Å². The number of carbonyl (C=O) groups excluding carboxylic acids is 1. The second-order valence-corrected chi connectivity index (χ2v) is 7.13. The molecule has 0 heterocycles. The van der Waals surface area contributed by atoms with E-state index >= 15 is 0 Å². The largest absolute Gasteiger partial charge is 0.425 e. The van der Waals surface area contributed by atoms with E-state index in [4.69, 9.17) is 9.29 Å². The lowest BCUT2D eigenvalue weighted by molar-refractivity contribution is -0.131. The third-order valence-electron chi connectivity index (χ3n) is 3.55. The molecule has 0 bridgehead atoms. The first-order chi connectivity index (χ1) is 10.9. The summed E-state index contributed by atoms with van der Waals surface area (Å²) < 4.78 is 35.1. The second kappa shape index (κ2) is 10.4. The molecule has 0 saturated carbocycles. The van der Waals surface area contributed by atoms with Crippen LogP contribution in [0.25, 0.3) is 0 Å². The third-order valence-corrected chi connectivity index (χ3v) is 4.15. The number of carbonyl (C=O) groups is 1. The van der Waals surface area contributed by atoms with Gasteiger partial charge in [-0.05, 0) is 24.5 Å². The molecule has 0 aromatic heterocycles. The summed E-state index contributed by atoms with van der Waals surface area (Å²) in [4.78, 5) is 11.5. The van der Waals surface area contributed by atoms with Crippen LogP contribution in [0.15, 0.2) is 24.3 Å². The number of benzene rings is 1. The molecule has 0 aliphatic rings. The Bertz CT molecular complexity index is 580. The monoisotopic (exact) mass is 342 g/mol. The van der Waals surface area contributed by atoms with Crippen LogP contribution in [0.4, 0.5) is 0 Å². The van der Waals surface area contributed by atoms with E-state index in [2.05, 4.69) is 6.92 Å². The van der Waals surface area contributed by atoms with E-state index < -0.39 is 21.8 Å². The number of esters is 1. The van der Waals surface area contributed by atoms with Gasteiger partial charge in [0.25, 0.3) is 10.1 Å². The lowest BCUT2D eigenvalue weighted by Gasteiger charge is -2.09. The van der Waals surface area contributed by atoms with Crippen molar-refractivity contribution in [3.63, 3.8) is 0 Å². The third kappa shape index (κ3) is 9.36. The fourth-order valence-electron chi connectivity index (χ4n) is 2.38. The molecule has 1 aromatic carbocycles. The van der Waals surface area contributed by atoms with Crippen LogP contribution in [0.1, 0.15) is 57.4 Å². The normalized spacial score (nSPS) is 11.4. The number of para-hydroxylation sites is 1. The van der Waals surface area contributed by atoms with Crippen LogP contribution in [-0.2, 0) is 21.3 Å². The molecule has 0 aliphatic heterocycles. The van der Waals surface area contributed by atoms with Gasteiger partial charge in [0.05, 0.1) is 0 Å². The van der Waals surface area contributed by atoms with E-state index in [1.54, 1.807) is 12.1 Å². The van der Waals surface area contributed by atoms with E-state index in [0.29, 0.717) is 5.75 Å². The predicted molar refractivity (Wildman–Crippen MR) is 90.2 cm³/mol. The molecule has 0 atom stereocenters. The maximum Gasteiger partial charge on any atom is 0.329 e. The summed E-state index contributed by atoms with van der Waals surface area (Å²) in [5.74, 6) is -1.63. The molecule has 1 rings (SSSR count). The summed E-state index contributed by atoms with van der Waals surface area (Å²) >= 11 is 0. The van der Waals surface area contributed by atoms with Crippen LogP contribution in [0.3, 0.4) is 0 Å². The lowest BCUT2D eigenvalue weighted by Crippen LogP contribution is -2.20. The Kier molecular flexibility index (Phi) is 8.87. The summed E-state index contributed by atoms with van der Waals surface area (Å²) in [5.41, 5.74) is 0.879. The zero-order chi connectivity index (χ0) is 17.1. The highest BCUT2D eigenvalue weighted by atomic mass is 32.2. The molecule has 0 radical (unpaired) electrons. The van der Waals surface area contributed by atoms with Crippen molar-refractivity contribution in [2.75, 3.05) is 5.75 Å². The van der Waals surface area contributed by atoms with E-state index in [9.17, 15) is 13.2 Å². The molecule has 23 heavy (non-hydrogen) atoms. The van der Waals surface area contributed by atoms with Gasteiger partial charge in [-0.3, -0.25) is 9.35 Å². The first kappa shape index (κ1) is 19.6. The van der Waals surface area contributed by atoms with Crippen molar-refractivity contribution in [3.8, 4) is 5.75 Å². The van der Waals surface area contributed by atoms with Gasteiger partial charge < -0.3 is 4.74 Å². The average Bonchev–Trinajstić information content (AvgIpc) is 2.46. The molecule has 0 aliphatic carbocycles. The molecule has 1 N–H and O–H groups in total. The Hall–Kier alpha value is -1.40. The first-order valence-corrected chi connectivity index (χ1v) is 9.77. The maximum atomic E-state index is 11.5. The highest BCUT2D eigenvalue weighted by molar-refractivity contribution is 7.86. The quantitative estimate of drug-likeness (QED) is 0.286. The van der Waals surface area contributed by atoms with Gasteiger partial charge in [-0.1, -0.05) is 63.6 Å². The van der Waals surface area contributed by atoms with Crippen LogP contribution in [0, 0.1) is 0 Å². The first-order valence-electron chi connectivity index (χ1n) is 8.16. The Morgan fingerprint density at radius 3 is 2.30 bits per heavy atom. The summed E-state index contributed by atoms with van der Waals surface area (Å²) in [6.45, 7) is 2.19. The van der Waals surface area contributed by atoms with E-state index in [-0.39, 0.29) is 0 Å². The van der Waals surface area contributed by atoms with Gasteiger partial charge in [0.2, 0.25) is 0 Å². The summed E-state index contributed by atoms with van der Waals surface area (Å²) in [7, 11) is -4.36. The van der Waals surface area contributed by atoms with Crippen molar-refractivity contribution >= 4 is 16.1 Å². The number of ether oxygens (including phenoxy) is 1. The molecule has 1 aromatic rings. The number of hydrogen-bond donors (Lipinski definition) is 1. The van der Waals surface area contributed by atoms with E-state index in [0.717, 1.165) is 24.8 Å². The number of aryl methyl sites for hydroxylation is 1. The molecule has 0 saturated heterocycles.